The molecular formula is C45H34N4. The van der Waals surface area contributed by atoms with Crippen molar-refractivity contribution in [1.82, 2.24) is 0 Å². The Balaban J connectivity index is 1.24. The van der Waals surface area contributed by atoms with Crippen molar-refractivity contribution in [2.75, 3.05) is 10.6 Å². The first-order valence-corrected chi connectivity index (χ1v) is 16.4. The number of para-hydroxylation sites is 3. The van der Waals surface area contributed by atoms with Gasteiger partial charge in [-0.15, -0.1) is 0 Å². The molecule has 0 saturated carbocycles. The van der Waals surface area contributed by atoms with E-state index in [0.29, 0.717) is 17.6 Å². The van der Waals surface area contributed by atoms with E-state index in [4.69, 9.17) is 0 Å². The van der Waals surface area contributed by atoms with Gasteiger partial charge in [0.15, 0.2) is 0 Å². The lowest BCUT2D eigenvalue weighted by Gasteiger charge is -2.23. The van der Waals surface area contributed by atoms with Crippen LogP contribution in [0.1, 0.15) is 29.5 Å². The molecule has 0 aliphatic heterocycles. The maximum Gasteiger partial charge on any atom is 0.0998 e. The van der Waals surface area contributed by atoms with Crippen LogP contribution in [0.3, 0.4) is 0 Å². The van der Waals surface area contributed by atoms with E-state index in [-0.39, 0.29) is 0 Å². The van der Waals surface area contributed by atoms with Crippen LogP contribution in [0.2, 0.25) is 0 Å². The third kappa shape index (κ3) is 6.37. The number of hydrogen-bond donors (Lipinski definition) is 2. The van der Waals surface area contributed by atoms with Crippen LogP contribution < -0.4 is 10.6 Å². The van der Waals surface area contributed by atoms with Gasteiger partial charge in [-0.1, -0.05) is 121 Å². The Morgan fingerprint density at radius 2 is 0.918 bits per heavy atom. The molecule has 4 nitrogen and oxygen atoms in total. The average molecular weight is 631 g/mol. The summed E-state index contributed by atoms with van der Waals surface area (Å²) in [6, 6.07) is 54.1. The van der Waals surface area contributed by atoms with Crippen LogP contribution in [-0.2, 0) is 0 Å². The van der Waals surface area contributed by atoms with E-state index < -0.39 is 0 Å². The average Bonchev–Trinajstić information content (AvgIpc) is 3.16. The highest BCUT2D eigenvalue weighted by Crippen LogP contribution is 2.42. The molecule has 0 unspecified atom stereocenters. The number of hydrogen-bond acceptors (Lipinski definition) is 4. The first kappa shape index (κ1) is 31.0. The summed E-state index contributed by atoms with van der Waals surface area (Å²) in [5, 5.41) is 27.5. The fourth-order valence-corrected chi connectivity index (χ4v) is 6.68. The van der Waals surface area contributed by atoms with Gasteiger partial charge in [-0.05, 0) is 77.9 Å². The van der Waals surface area contributed by atoms with E-state index in [2.05, 4.69) is 121 Å². The molecule has 6 aromatic rings. The molecule has 0 bridgehead atoms. The second-order valence-electron chi connectivity index (χ2n) is 12.1. The third-order valence-corrected chi connectivity index (χ3v) is 9.07. The fourth-order valence-electron chi connectivity index (χ4n) is 6.68. The lowest BCUT2D eigenvalue weighted by Crippen LogP contribution is -2.07. The highest BCUT2D eigenvalue weighted by Gasteiger charge is 2.21. The number of allylic oxidation sites excluding steroid dienone is 4. The number of nitriles is 2. The number of anilines is 3. The summed E-state index contributed by atoms with van der Waals surface area (Å²) in [6.07, 6.45) is 3.43. The smallest absolute Gasteiger partial charge is 0.0998 e. The molecule has 49 heavy (non-hydrogen) atoms. The monoisotopic (exact) mass is 630 g/mol. The Bertz CT molecular complexity index is 2330. The summed E-state index contributed by atoms with van der Waals surface area (Å²) in [5.74, 6) is 0. The molecule has 1 aliphatic rings. The van der Waals surface area contributed by atoms with Gasteiger partial charge in [-0.2, -0.15) is 10.5 Å². The van der Waals surface area contributed by atoms with Gasteiger partial charge in [-0.25, -0.2) is 0 Å². The van der Waals surface area contributed by atoms with Gasteiger partial charge in [0.25, 0.3) is 0 Å². The predicted molar refractivity (Wildman–Crippen MR) is 202 cm³/mol. The molecule has 234 valence electrons. The molecule has 0 aromatic heterocycles. The molecule has 4 heteroatoms. The number of nitrogens with zero attached hydrogens (tertiary/aromatic N) is 2. The van der Waals surface area contributed by atoms with Crippen molar-refractivity contribution < 1.29 is 0 Å². The van der Waals surface area contributed by atoms with Gasteiger partial charge < -0.3 is 10.6 Å². The van der Waals surface area contributed by atoms with Crippen molar-refractivity contribution in [2.45, 2.75) is 19.8 Å². The molecule has 0 spiro atoms. The predicted octanol–water partition coefficient (Wildman–Crippen LogP) is 11.7. The summed E-state index contributed by atoms with van der Waals surface area (Å²) in [4.78, 5) is 0. The van der Waals surface area contributed by atoms with Crippen LogP contribution in [0, 0.1) is 29.6 Å². The molecule has 1 aliphatic carbocycles. The summed E-state index contributed by atoms with van der Waals surface area (Å²) in [5.41, 5.74) is 14.8. The van der Waals surface area contributed by atoms with Crippen molar-refractivity contribution in [1.29, 1.82) is 10.5 Å². The van der Waals surface area contributed by atoms with Crippen LogP contribution in [0.5, 0.6) is 0 Å². The number of rotatable bonds is 8. The second kappa shape index (κ2) is 14.0. The number of nitrogens with one attached hydrogen (secondary N) is 2. The van der Waals surface area contributed by atoms with Gasteiger partial charge in [0, 0.05) is 45.0 Å². The molecule has 0 radical (unpaired) electrons. The molecule has 0 saturated heterocycles. The minimum atomic E-state index is 0.624. The maximum absolute atomic E-state index is 10.5. The minimum Gasteiger partial charge on any atom is -0.358 e. The Labute approximate surface area is 288 Å². The first-order valence-electron chi connectivity index (χ1n) is 16.4. The van der Waals surface area contributed by atoms with Crippen molar-refractivity contribution >= 4 is 22.6 Å². The normalized spacial score (nSPS) is 12.4. The zero-order valence-corrected chi connectivity index (χ0v) is 27.2. The van der Waals surface area contributed by atoms with Crippen LogP contribution in [0.25, 0.3) is 39.0 Å². The van der Waals surface area contributed by atoms with Crippen LogP contribution in [0.15, 0.2) is 163 Å². The number of aryl methyl sites for hydroxylation is 1. The Morgan fingerprint density at radius 3 is 1.53 bits per heavy atom. The SMILES string of the molecule is Cc1ccccc1-c1ccccc1Nc1ccccc1-c1ccccc1C1=C(C#N)C=C(Nc2ccccc2-c2ccccc2C#N)CC1. The second-order valence-corrected chi connectivity index (χ2v) is 12.1. The molecular weight excluding hydrogens is 597 g/mol. The summed E-state index contributed by atoms with van der Waals surface area (Å²) < 4.78 is 0. The summed E-state index contributed by atoms with van der Waals surface area (Å²) >= 11 is 0. The van der Waals surface area contributed by atoms with Crippen molar-refractivity contribution in [2.24, 2.45) is 0 Å². The van der Waals surface area contributed by atoms with E-state index in [1.165, 1.54) is 11.1 Å². The van der Waals surface area contributed by atoms with Gasteiger partial charge >= 0.3 is 0 Å². The highest BCUT2D eigenvalue weighted by molar-refractivity contribution is 5.93. The molecule has 7 rings (SSSR count). The maximum atomic E-state index is 10.5. The standard InChI is InChI=1S/C45H34N4/c1-31-14-2-4-16-35(31)40-20-8-12-24-44(40)49-45-25-13-10-22-42(45)39-19-7-6-18-38(39)37-27-26-34(28-33(37)30-47)48-43-23-11-9-21-41(43)36-17-5-3-15-32(36)29-46/h2-25,28,48-49H,26-27H2,1H3. The number of benzene rings is 6. The zero-order chi connectivity index (χ0) is 33.6. The molecule has 0 atom stereocenters. The lowest BCUT2D eigenvalue weighted by atomic mass is 9.85. The van der Waals surface area contributed by atoms with Gasteiger partial charge in [0.05, 0.1) is 23.3 Å². The van der Waals surface area contributed by atoms with E-state index in [1.807, 2.05) is 60.7 Å². The fraction of sp³-hybridized carbons (Fsp3) is 0.0667. The van der Waals surface area contributed by atoms with E-state index in [0.717, 1.165) is 68.1 Å². The molecule has 0 fully saturated rings. The zero-order valence-electron chi connectivity index (χ0n) is 27.2. The van der Waals surface area contributed by atoms with Crippen LogP contribution in [-0.4, -0.2) is 0 Å². The summed E-state index contributed by atoms with van der Waals surface area (Å²) in [7, 11) is 0. The minimum absolute atomic E-state index is 0.624. The Morgan fingerprint density at radius 1 is 0.449 bits per heavy atom. The topological polar surface area (TPSA) is 71.6 Å². The van der Waals surface area contributed by atoms with Gasteiger partial charge in [0.1, 0.15) is 0 Å². The molecule has 2 N–H and O–H groups in total. The van der Waals surface area contributed by atoms with Crippen molar-refractivity contribution in [3.05, 3.63) is 180 Å². The van der Waals surface area contributed by atoms with Crippen molar-refractivity contribution in [3.63, 3.8) is 0 Å². The van der Waals surface area contributed by atoms with E-state index in [9.17, 15) is 10.5 Å². The van der Waals surface area contributed by atoms with E-state index >= 15 is 0 Å². The van der Waals surface area contributed by atoms with Crippen molar-refractivity contribution in [3.8, 4) is 45.5 Å². The largest absolute Gasteiger partial charge is 0.358 e. The third-order valence-electron chi connectivity index (χ3n) is 9.07. The molecule has 6 aromatic carbocycles. The Hall–Kier alpha value is -6.62. The quantitative estimate of drug-likeness (QED) is 0.175. The summed E-state index contributed by atoms with van der Waals surface area (Å²) in [6.45, 7) is 2.14. The molecule has 0 amide bonds. The highest BCUT2D eigenvalue weighted by atomic mass is 14.9. The van der Waals surface area contributed by atoms with E-state index in [1.54, 1.807) is 0 Å². The Kier molecular flexibility index (Phi) is 8.87. The van der Waals surface area contributed by atoms with Crippen LogP contribution >= 0.6 is 0 Å². The first-order chi connectivity index (χ1) is 24.1. The lowest BCUT2D eigenvalue weighted by molar-refractivity contribution is 0.974. The van der Waals surface area contributed by atoms with Gasteiger partial charge in [-0.3, -0.25) is 0 Å². The van der Waals surface area contributed by atoms with Gasteiger partial charge in [0.2, 0.25) is 0 Å². The molecule has 0 heterocycles. The van der Waals surface area contributed by atoms with Crippen LogP contribution in [0.4, 0.5) is 17.1 Å².